The molecule has 0 unspecified atom stereocenters. The first-order chi connectivity index (χ1) is 11.6. The lowest BCUT2D eigenvalue weighted by Gasteiger charge is -2.09. The normalized spacial score (nSPS) is 10.8. The summed E-state index contributed by atoms with van der Waals surface area (Å²) in [4.78, 5) is 24.1. The number of fused-ring (bicyclic) bond motifs is 1. The number of benzene rings is 1. The van der Waals surface area contributed by atoms with E-state index in [1.165, 1.54) is 0 Å². The van der Waals surface area contributed by atoms with Crippen LogP contribution in [-0.2, 0) is 4.79 Å². The molecule has 1 amide bonds. The quantitative estimate of drug-likeness (QED) is 0.674. The fourth-order valence-corrected chi connectivity index (χ4v) is 2.63. The number of amides is 1. The van der Waals surface area contributed by atoms with E-state index in [1.807, 2.05) is 44.2 Å². The van der Waals surface area contributed by atoms with E-state index in [0.717, 1.165) is 33.7 Å². The van der Waals surface area contributed by atoms with Gasteiger partial charge in [-0.05, 0) is 19.4 Å². The summed E-state index contributed by atoms with van der Waals surface area (Å²) in [5.41, 5.74) is 3.95. The van der Waals surface area contributed by atoms with Crippen molar-refractivity contribution in [2.24, 2.45) is 0 Å². The van der Waals surface area contributed by atoms with Crippen LogP contribution in [0.4, 0.5) is 5.82 Å². The van der Waals surface area contributed by atoms with Gasteiger partial charge in [0.1, 0.15) is 11.5 Å². The lowest BCUT2D eigenvalue weighted by Crippen LogP contribution is -2.21. The van der Waals surface area contributed by atoms with Gasteiger partial charge in [0.15, 0.2) is 5.82 Å². The van der Waals surface area contributed by atoms with Crippen molar-refractivity contribution in [2.45, 2.75) is 20.3 Å². The molecule has 124 valence electrons. The lowest BCUT2D eigenvalue weighted by molar-refractivity contribution is -0.120. The number of H-pyrrole nitrogens is 1. The summed E-state index contributed by atoms with van der Waals surface area (Å²) in [5.74, 6) is 1.41. The third-order valence-corrected chi connectivity index (χ3v) is 4.11. The van der Waals surface area contributed by atoms with Crippen LogP contribution in [0, 0.1) is 13.8 Å². The average molecular weight is 323 g/mol. The van der Waals surface area contributed by atoms with Crippen molar-refractivity contribution < 1.29 is 4.79 Å². The predicted octanol–water partition coefficient (Wildman–Crippen LogP) is 2.79. The maximum Gasteiger partial charge on any atom is 0.221 e. The van der Waals surface area contributed by atoms with Crippen LogP contribution in [-0.4, -0.2) is 34.5 Å². The van der Waals surface area contributed by atoms with Crippen LogP contribution >= 0.6 is 0 Å². The van der Waals surface area contributed by atoms with E-state index >= 15 is 0 Å². The van der Waals surface area contributed by atoms with E-state index in [4.69, 9.17) is 4.98 Å². The van der Waals surface area contributed by atoms with Crippen molar-refractivity contribution in [1.82, 2.24) is 20.3 Å². The van der Waals surface area contributed by atoms with Crippen molar-refractivity contribution >= 4 is 22.8 Å². The van der Waals surface area contributed by atoms with Crippen molar-refractivity contribution in [3.8, 4) is 11.4 Å². The highest BCUT2D eigenvalue weighted by Crippen LogP contribution is 2.29. The minimum atomic E-state index is -0.00180. The first kappa shape index (κ1) is 16.0. The number of anilines is 1. The first-order valence-corrected chi connectivity index (χ1v) is 7.97. The monoisotopic (exact) mass is 323 g/mol. The second kappa shape index (κ2) is 6.70. The molecule has 0 saturated heterocycles. The van der Waals surface area contributed by atoms with Gasteiger partial charge >= 0.3 is 0 Å². The molecule has 0 bridgehead atoms. The minimum Gasteiger partial charge on any atom is -0.369 e. The third kappa shape index (κ3) is 3.08. The van der Waals surface area contributed by atoms with Gasteiger partial charge < -0.3 is 15.6 Å². The number of aromatic nitrogens is 3. The maximum absolute atomic E-state index is 11.4. The summed E-state index contributed by atoms with van der Waals surface area (Å²) in [6.45, 7) is 4.58. The van der Waals surface area contributed by atoms with Crippen LogP contribution in [0.15, 0.2) is 30.3 Å². The van der Waals surface area contributed by atoms with E-state index in [2.05, 4.69) is 20.6 Å². The molecule has 0 radical (unpaired) electrons. The van der Waals surface area contributed by atoms with E-state index in [9.17, 15) is 4.79 Å². The van der Waals surface area contributed by atoms with Gasteiger partial charge in [0, 0.05) is 31.3 Å². The lowest BCUT2D eigenvalue weighted by atomic mass is 10.2. The van der Waals surface area contributed by atoms with Gasteiger partial charge in [-0.3, -0.25) is 4.79 Å². The summed E-state index contributed by atoms with van der Waals surface area (Å²) in [6, 6.07) is 9.86. The van der Waals surface area contributed by atoms with Crippen molar-refractivity contribution in [3.05, 3.63) is 41.6 Å². The van der Waals surface area contributed by atoms with Gasteiger partial charge in [0.25, 0.3) is 0 Å². The molecule has 6 heteroatoms. The molecule has 0 spiro atoms. The molecule has 2 heterocycles. The van der Waals surface area contributed by atoms with Crippen LogP contribution in [0.1, 0.15) is 17.7 Å². The molecule has 0 aliphatic heterocycles. The number of hydrogen-bond acceptors (Lipinski definition) is 4. The number of nitrogens with zero attached hydrogens (tertiary/aromatic N) is 2. The Labute approximate surface area is 140 Å². The number of aryl methyl sites for hydroxylation is 2. The van der Waals surface area contributed by atoms with E-state index in [0.29, 0.717) is 18.8 Å². The highest BCUT2D eigenvalue weighted by molar-refractivity contribution is 5.93. The van der Waals surface area contributed by atoms with Crippen LogP contribution < -0.4 is 10.6 Å². The zero-order valence-corrected chi connectivity index (χ0v) is 14.1. The summed E-state index contributed by atoms with van der Waals surface area (Å²) in [5, 5.41) is 6.88. The van der Waals surface area contributed by atoms with Gasteiger partial charge in [0.2, 0.25) is 5.91 Å². The highest BCUT2D eigenvalue weighted by Gasteiger charge is 2.15. The number of rotatable bonds is 5. The molecule has 0 aliphatic carbocycles. The second-order valence-electron chi connectivity index (χ2n) is 5.71. The summed E-state index contributed by atoms with van der Waals surface area (Å²) < 4.78 is 0. The zero-order valence-electron chi connectivity index (χ0n) is 14.1. The fraction of sp³-hybridized carbons (Fsp3) is 0.278. The summed E-state index contributed by atoms with van der Waals surface area (Å²) >= 11 is 0. The van der Waals surface area contributed by atoms with Crippen LogP contribution in [0.5, 0.6) is 0 Å². The van der Waals surface area contributed by atoms with Crippen molar-refractivity contribution in [1.29, 1.82) is 0 Å². The molecule has 0 aliphatic rings. The number of aromatic amines is 1. The number of carbonyl (C=O) groups is 1. The topological polar surface area (TPSA) is 82.7 Å². The Morgan fingerprint density at radius 1 is 1.17 bits per heavy atom. The van der Waals surface area contributed by atoms with Crippen LogP contribution in [0.25, 0.3) is 22.4 Å². The Kier molecular flexibility index (Phi) is 4.46. The molecule has 3 N–H and O–H groups in total. The standard InChI is InChI=1S/C18H21N5O/c1-11-12(2)21-18-15(11)17(20-10-9-14(24)19-3)22-16(23-18)13-7-5-4-6-8-13/h4-8H,9-10H2,1-3H3,(H,19,24)(H2,20,21,22,23). The number of hydrogen-bond donors (Lipinski definition) is 3. The smallest absolute Gasteiger partial charge is 0.221 e. The number of carbonyl (C=O) groups excluding carboxylic acids is 1. The molecule has 2 aromatic heterocycles. The molecule has 0 saturated carbocycles. The van der Waals surface area contributed by atoms with Crippen molar-refractivity contribution in [3.63, 3.8) is 0 Å². The Balaban J connectivity index is 2.02. The van der Waals surface area contributed by atoms with E-state index in [1.54, 1.807) is 7.05 Å². The van der Waals surface area contributed by atoms with Gasteiger partial charge in [-0.25, -0.2) is 9.97 Å². The number of nitrogens with one attached hydrogen (secondary N) is 3. The average Bonchev–Trinajstić information content (AvgIpc) is 2.89. The largest absolute Gasteiger partial charge is 0.369 e. The Morgan fingerprint density at radius 2 is 1.92 bits per heavy atom. The molecule has 3 rings (SSSR count). The van der Waals surface area contributed by atoms with Gasteiger partial charge in [0.05, 0.1) is 5.39 Å². The second-order valence-corrected chi connectivity index (χ2v) is 5.71. The molecule has 3 aromatic rings. The Hall–Kier alpha value is -2.89. The predicted molar refractivity (Wildman–Crippen MR) is 96.0 cm³/mol. The third-order valence-electron chi connectivity index (χ3n) is 4.11. The zero-order chi connectivity index (χ0) is 17.1. The van der Waals surface area contributed by atoms with E-state index < -0.39 is 0 Å². The van der Waals surface area contributed by atoms with Gasteiger partial charge in [-0.1, -0.05) is 30.3 Å². The molecular weight excluding hydrogens is 302 g/mol. The van der Waals surface area contributed by atoms with Gasteiger partial charge in [-0.15, -0.1) is 0 Å². The minimum absolute atomic E-state index is 0.00180. The summed E-state index contributed by atoms with van der Waals surface area (Å²) in [7, 11) is 1.64. The Bertz CT molecular complexity index is 870. The van der Waals surface area contributed by atoms with Crippen molar-refractivity contribution in [2.75, 3.05) is 18.9 Å². The van der Waals surface area contributed by atoms with Crippen LogP contribution in [0.2, 0.25) is 0 Å². The maximum atomic E-state index is 11.4. The fourth-order valence-electron chi connectivity index (χ4n) is 2.63. The first-order valence-electron chi connectivity index (χ1n) is 7.97. The molecule has 6 nitrogen and oxygen atoms in total. The molecular formula is C18H21N5O. The van der Waals surface area contributed by atoms with Gasteiger partial charge in [-0.2, -0.15) is 0 Å². The molecule has 24 heavy (non-hydrogen) atoms. The van der Waals surface area contributed by atoms with Crippen LogP contribution in [0.3, 0.4) is 0 Å². The van der Waals surface area contributed by atoms with E-state index in [-0.39, 0.29) is 5.91 Å². The SMILES string of the molecule is CNC(=O)CCNc1nc(-c2ccccc2)nc2[nH]c(C)c(C)c12. The molecule has 1 aromatic carbocycles. The Morgan fingerprint density at radius 3 is 2.62 bits per heavy atom. The molecule has 0 atom stereocenters. The summed E-state index contributed by atoms with van der Waals surface area (Å²) in [6.07, 6.45) is 0.394. The molecule has 0 fully saturated rings. The highest BCUT2D eigenvalue weighted by atomic mass is 16.1.